The van der Waals surface area contributed by atoms with Crippen molar-refractivity contribution in [2.24, 2.45) is 0 Å². The van der Waals surface area contributed by atoms with E-state index in [4.69, 9.17) is 11.6 Å². The summed E-state index contributed by atoms with van der Waals surface area (Å²) in [6, 6.07) is 3.25. The van der Waals surface area contributed by atoms with Crippen molar-refractivity contribution >= 4 is 28.9 Å². The van der Waals surface area contributed by atoms with Gasteiger partial charge >= 0.3 is 0 Å². The van der Waals surface area contributed by atoms with Crippen molar-refractivity contribution in [1.29, 1.82) is 0 Å². The summed E-state index contributed by atoms with van der Waals surface area (Å²) in [6.45, 7) is 1.78. The monoisotopic (exact) mass is 311 g/mol. The van der Waals surface area contributed by atoms with Crippen LogP contribution in [-0.2, 0) is 0 Å². The Kier molecular flexibility index (Phi) is 4.37. The molecule has 1 aromatic heterocycles. The van der Waals surface area contributed by atoms with Crippen molar-refractivity contribution < 1.29 is 13.6 Å². The maximum Gasteiger partial charge on any atom is 0.259 e. The molecular weight excluding hydrogens is 300 g/mol. The third-order valence-corrected chi connectivity index (χ3v) is 3.10. The molecule has 0 unspecified atom stereocenters. The third kappa shape index (κ3) is 3.28. The van der Waals surface area contributed by atoms with Crippen molar-refractivity contribution in [3.63, 3.8) is 0 Å². The summed E-state index contributed by atoms with van der Waals surface area (Å²) in [5, 5.41) is 4.96. The van der Waals surface area contributed by atoms with Crippen LogP contribution in [0.25, 0.3) is 0 Å². The van der Waals surface area contributed by atoms with E-state index in [0.717, 1.165) is 11.8 Å². The second kappa shape index (κ2) is 6.05. The van der Waals surface area contributed by atoms with Crippen LogP contribution in [0, 0.1) is 18.6 Å². The fourth-order valence-corrected chi connectivity index (χ4v) is 2.03. The van der Waals surface area contributed by atoms with Gasteiger partial charge in [0, 0.05) is 25.0 Å². The minimum atomic E-state index is -0.945. The minimum absolute atomic E-state index is 0.216. The molecule has 0 bridgehead atoms. The molecule has 0 atom stereocenters. The van der Waals surface area contributed by atoms with Gasteiger partial charge in [-0.3, -0.25) is 9.78 Å². The van der Waals surface area contributed by atoms with E-state index in [2.05, 4.69) is 15.6 Å². The van der Waals surface area contributed by atoms with Crippen LogP contribution in [0.1, 0.15) is 16.1 Å². The first-order chi connectivity index (χ1) is 9.92. The Morgan fingerprint density at radius 1 is 1.29 bits per heavy atom. The number of hydrogen-bond acceptors (Lipinski definition) is 3. The van der Waals surface area contributed by atoms with Gasteiger partial charge in [0.1, 0.15) is 5.82 Å². The lowest BCUT2D eigenvalue weighted by molar-refractivity contribution is 0.102. The minimum Gasteiger partial charge on any atom is -0.387 e. The number of pyridine rings is 1. The highest BCUT2D eigenvalue weighted by atomic mass is 35.5. The van der Waals surface area contributed by atoms with E-state index >= 15 is 0 Å². The highest BCUT2D eigenvalue weighted by Gasteiger charge is 2.17. The van der Waals surface area contributed by atoms with E-state index in [1.54, 1.807) is 20.0 Å². The van der Waals surface area contributed by atoms with Crippen LogP contribution in [-0.4, -0.2) is 17.9 Å². The van der Waals surface area contributed by atoms with E-state index in [9.17, 15) is 13.6 Å². The van der Waals surface area contributed by atoms with Crippen molar-refractivity contribution in [3.05, 3.63) is 52.3 Å². The van der Waals surface area contributed by atoms with Crippen LogP contribution in [0.5, 0.6) is 0 Å². The Bertz CT molecular complexity index is 684. The van der Waals surface area contributed by atoms with E-state index in [1.165, 1.54) is 6.20 Å². The normalized spacial score (nSPS) is 10.3. The molecular formula is C14H12ClF2N3O. The molecule has 0 saturated carbocycles. The number of hydrogen-bond donors (Lipinski definition) is 2. The molecule has 1 amide bonds. The summed E-state index contributed by atoms with van der Waals surface area (Å²) in [6.07, 6.45) is 1.37. The molecule has 0 aliphatic heterocycles. The van der Waals surface area contributed by atoms with E-state index < -0.39 is 17.5 Å². The quantitative estimate of drug-likeness (QED) is 0.910. The summed E-state index contributed by atoms with van der Waals surface area (Å²) in [5.74, 6) is -2.36. The number of aromatic nitrogens is 1. The van der Waals surface area contributed by atoms with Crippen LogP contribution in [0.3, 0.4) is 0 Å². The SMILES string of the molecule is CNc1cc(C)ncc1C(=O)Nc1c(F)cc(F)cc1Cl. The van der Waals surface area contributed by atoms with Gasteiger partial charge in [-0.05, 0) is 19.1 Å². The lowest BCUT2D eigenvalue weighted by Gasteiger charge is -2.12. The van der Waals surface area contributed by atoms with Crippen molar-refractivity contribution in [3.8, 4) is 0 Å². The second-order valence-corrected chi connectivity index (χ2v) is 4.73. The van der Waals surface area contributed by atoms with Crippen LogP contribution in [0.4, 0.5) is 20.2 Å². The number of nitrogens with zero attached hydrogens (tertiary/aromatic N) is 1. The Labute approximate surface area is 125 Å². The van der Waals surface area contributed by atoms with Crippen molar-refractivity contribution in [2.75, 3.05) is 17.7 Å². The average molecular weight is 312 g/mol. The molecule has 1 heterocycles. The first-order valence-corrected chi connectivity index (χ1v) is 6.40. The van der Waals surface area contributed by atoms with Crippen LogP contribution >= 0.6 is 11.6 Å². The molecule has 0 aliphatic rings. The third-order valence-electron chi connectivity index (χ3n) is 2.80. The van der Waals surface area contributed by atoms with Crippen molar-refractivity contribution in [2.45, 2.75) is 6.92 Å². The number of halogens is 3. The largest absolute Gasteiger partial charge is 0.387 e. The predicted octanol–water partition coefficient (Wildman–Crippen LogP) is 3.62. The van der Waals surface area contributed by atoms with Gasteiger partial charge in [0.2, 0.25) is 0 Å². The zero-order valence-corrected chi connectivity index (χ0v) is 12.1. The molecule has 0 radical (unpaired) electrons. The molecule has 110 valence electrons. The van der Waals surface area contributed by atoms with Gasteiger partial charge in [0.05, 0.1) is 22.0 Å². The van der Waals surface area contributed by atoms with Crippen LogP contribution < -0.4 is 10.6 Å². The molecule has 4 nitrogen and oxygen atoms in total. The summed E-state index contributed by atoms with van der Waals surface area (Å²) in [4.78, 5) is 16.2. The smallest absolute Gasteiger partial charge is 0.259 e. The Hall–Kier alpha value is -2.21. The van der Waals surface area contributed by atoms with E-state index in [1.807, 2.05) is 0 Å². The van der Waals surface area contributed by atoms with Gasteiger partial charge in [-0.25, -0.2) is 8.78 Å². The lowest BCUT2D eigenvalue weighted by Crippen LogP contribution is -2.16. The van der Waals surface area contributed by atoms with Crippen LogP contribution in [0.15, 0.2) is 24.4 Å². The Morgan fingerprint density at radius 2 is 2.00 bits per heavy atom. The number of benzene rings is 1. The zero-order valence-electron chi connectivity index (χ0n) is 11.3. The molecule has 2 N–H and O–H groups in total. The summed E-state index contributed by atoms with van der Waals surface area (Å²) in [7, 11) is 1.65. The number of nitrogens with one attached hydrogen (secondary N) is 2. The average Bonchev–Trinajstić information content (AvgIpc) is 2.42. The summed E-state index contributed by atoms with van der Waals surface area (Å²) in [5.41, 5.74) is 1.22. The fourth-order valence-electron chi connectivity index (χ4n) is 1.79. The maximum atomic E-state index is 13.7. The summed E-state index contributed by atoms with van der Waals surface area (Å²) < 4.78 is 26.6. The summed E-state index contributed by atoms with van der Waals surface area (Å²) >= 11 is 5.74. The molecule has 0 aliphatic carbocycles. The number of rotatable bonds is 3. The Morgan fingerprint density at radius 3 is 2.62 bits per heavy atom. The van der Waals surface area contributed by atoms with Gasteiger partial charge in [-0.1, -0.05) is 11.6 Å². The predicted molar refractivity (Wildman–Crippen MR) is 77.8 cm³/mol. The second-order valence-electron chi connectivity index (χ2n) is 4.32. The van der Waals surface area contributed by atoms with Gasteiger partial charge in [0.15, 0.2) is 5.82 Å². The molecule has 0 saturated heterocycles. The van der Waals surface area contributed by atoms with Gasteiger partial charge in [0.25, 0.3) is 5.91 Å². The molecule has 2 aromatic rings. The first kappa shape index (κ1) is 15.2. The molecule has 0 fully saturated rings. The molecule has 7 heteroatoms. The van der Waals surface area contributed by atoms with Crippen molar-refractivity contribution in [1.82, 2.24) is 4.98 Å². The highest BCUT2D eigenvalue weighted by molar-refractivity contribution is 6.34. The number of carbonyl (C=O) groups is 1. The fraction of sp³-hybridized carbons (Fsp3) is 0.143. The first-order valence-electron chi connectivity index (χ1n) is 6.02. The number of anilines is 2. The Balaban J connectivity index is 2.35. The molecule has 2 rings (SSSR count). The van der Waals surface area contributed by atoms with E-state index in [-0.39, 0.29) is 16.3 Å². The van der Waals surface area contributed by atoms with Gasteiger partial charge in [-0.15, -0.1) is 0 Å². The van der Waals surface area contributed by atoms with E-state index in [0.29, 0.717) is 11.8 Å². The zero-order chi connectivity index (χ0) is 15.6. The topological polar surface area (TPSA) is 54.0 Å². The standard InChI is InChI=1S/C14H12ClF2N3O/c1-7-3-12(18-2)9(6-19-7)14(21)20-13-10(15)4-8(16)5-11(13)17/h3-6H,1-2H3,(H,18,19)(H,20,21). The van der Waals surface area contributed by atoms with Crippen LogP contribution in [0.2, 0.25) is 5.02 Å². The number of amides is 1. The maximum absolute atomic E-state index is 13.7. The number of carbonyl (C=O) groups excluding carboxylic acids is 1. The number of aryl methyl sites for hydroxylation is 1. The molecule has 21 heavy (non-hydrogen) atoms. The molecule has 1 aromatic carbocycles. The van der Waals surface area contributed by atoms with Gasteiger partial charge in [-0.2, -0.15) is 0 Å². The van der Waals surface area contributed by atoms with Gasteiger partial charge < -0.3 is 10.6 Å². The lowest BCUT2D eigenvalue weighted by atomic mass is 10.2. The highest BCUT2D eigenvalue weighted by Crippen LogP contribution is 2.27. The molecule has 0 spiro atoms.